The number of hydrogen-bond acceptors (Lipinski definition) is 6. The molecule has 0 aliphatic carbocycles. The maximum absolute atomic E-state index is 11.9. The molecule has 2 aromatic rings. The highest BCUT2D eigenvalue weighted by molar-refractivity contribution is 6.11. The third kappa shape index (κ3) is 3.73. The number of hydrogen-bond donors (Lipinski definition) is 5. The molecular weight excluding hydrogens is 352 g/mol. The number of allylic oxidation sites excluding steroid dienone is 1. The summed E-state index contributed by atoms with van der Waals surface area (Å²) in [6.45, 7) is 0.574. The molecule has 144 valence electrons. The third-order valence-electron chi connectivity index (χ3n) is 4.62. The number of aliphatic imine (C=N–C) groups is 1. The number of fused-ring (bicyclic) bond motifs is 1. The SMILES string of the molecule is CN=CC(C=N)=C(N)c1cc(-c2cccc3c2NCCC(=O)N3)ccc1NC. The van der Waals surface area contributed by atoms with E-state index in [0.29, 0.717) is 24.2 Å². The van der Waals surface area contributed by atoms with Gasteiger partial charge in [0.25, 0.3) is 0 Å². The van der Waals surface area contributed by atoms with Gasteiger partial charge < -0.3 is 27.1 Å². The molecule has 0 fully saturated rings. The highest BCUT2D eigenvalue weighted by atomic mass is 16.1. The zero-order chi connectivity index (χ0) is 20.1. The van der Waals surface area contributed by atoms with Crippen molar-refractivity contribution in [2.75, 3.05) is 36.6 Å². The Morgan fingerprint density at radius 1 is 1.32 bits per heavy atom. The van der Waals surface area contributed by atoms with E-state index in [4.69, 9.17) is 11.1 Å². The van der Waals surface area contributed by atoms with Crippen molar-refractivity contribution >= 4 is 41.1 Å². The average molecular weight is 376 g/mol. The van der Waals surface area contributed by atoms with Crippen LogP contribution in [0.3, 0.4) is 0 Å². The maximum atomic E-state index is 11.9. The lowest BCUT2D eigenvalue weighted by Crippen LogP contribution is -2.10. The Morgan fingerprint density at radius 2 is 2.14 bits per heavy atom. The fraction of sp³-hybridized carbons (Fsp3) is 0.190. The highest BCUT2D eigenvalue weighted by Gasteiger charge is 2.17. The molecule has 6 N–H and O–H groups in total. The van der Waals surface area contributed by atoms with E-state index in [1.807, 2.05) is 43.4 Å². The van der Waals surface area contributed by atoms with Gasteiger partial charge in [0.15, 0.2) is 0 Å². The third-order valence-corrected chi connectivity index (χ3v) is 4.62. The Morgan fingerprint density at radius 3 is 2.86 bits per heavy atom. The van der Waals surface area contributed by atoms with E-state index in [0.717, 1.165) is 33.8 Å². The molecule has 1 aliphatic rings. The van der Waals surface area contributed by atoms with E-state index >= 15 is 0 Å². The minimum atomic E-state index is -0.00345. The van der Waals surface area contributed by atoms with Crippen LogP contribution in [0.2, 0.25) is 0 Å². The second-order valence-electron chi connectivity index (χ2n) is 6.36. The van der Waals surface area contributed by atoms with E-state index in [2.05, 4.69) is 20.9 Å². The van der Waals surface area contributed by atoms with Crippen LogP contribution < -0.4 is 21.7 Å². The summed E-state index contributed by atoms with van der Waals surface area (Å²) in [7, 11) is 3.47. The second-order valence-corrected chi connectivity index (χ2v) is 6.36. The number of benzene rings is 2. The van der Waals surface area contributed by atoms with Crippen LogP contribution in [-0.4, -0.2) is 39.0 Å². The topological polar surface area (TPSA) is 115 Å². The van der Waals surface area contributed by atoms with Crippen molar-refractivity contribution in [1.82, 2.24) is 0 Å². The Bertz CT molecular complexity index is 977. The first-order valence-corrected chi connectivity index (χ1v) is 9.00. The van der Waals surface area contributed by atoms with Crippen LogP contribution >= 0.6 is 0 Å². The van der Waals surface area contributed by atoms with Gasteiger partial charge in [-0.25, -0.2) is 0 Å². The number of para-hydroxylation sites is 1. The highest BCUT2D eigenvalue weighted by Crippen LogP contribution is 2.37. The van der Waals surface area contributed by atoms with Crippen LogP contribution in [0.1, 0.15) is 12.0 Å². The number of nitrogens with one attached hydrogen (secondary N) is 4. The van der Waals surface area contributed by atoms with Crippen LogP contribution in [0.5, 0.6) is 0 Å². The summed E-state index contributed by atoms with van der Waals surface area (Å²) in [5.41, 5.74) is 12.6. The molecule has 0 bridgehead atoms. The number of carbonyl (C=O) groups is 1. The zero-order valence-electron chi connectivity index (χ0n) is 16.0. The van der Waals surface area contributed by atoms with Crippen LogP contribution in [0.15, 0.2) is 47.0 Å². The van der Waals surface area contributed by atoms with Crippen LogP contribution in [-0.2, 0) is 4.79 Å². The lowest BCUT2D eigenvalue weighted by Gasteiger charge is -2.17. The molecule has 1 heterocycles. The predicted octanol–water partition coefficient (Wildman–Crippen LogP) is 3.17. The molecule has 3 rings (SSSR count). The number of anilines is 3. The van der Waals surface area contributed by atoms with Gasteiger partial charge in [0.1, 0.15) is 0 Å². The second kappa shape index (κ2) is 8.39. The van der Waals surface area contributed by atoms with Gasteiger partial charge in [0.2, 0.25) is 5.91 Å². The van der Waals surface area contributed by atoms with Gasteiger partial charge in [0.05, 0.1) is 17.1 Å². The molecular formula is C21H24N6O. The zero-order valence-corrected chi connectivity index (χ0v) is 16.0. The van der Waals surface area contributed by atoms with Gasteiger partial charge in [0, 0.05) is 61.9 Å². The number of amides is 1. The molecule has 7 heteroatoms. The van der Waals surface area contributed by atoms with E-state index in [9.17, 15) is 4.79 Å². The Hall–Kier alpha value is -3.61. The maximum Gasteiger partial charge on any atom is 0.226 e. The van der Waals surface area contributed by atoms with Gasteiger partial charge in [-0.2, -0.15) is 0 Å². The summed E-state index contributed by atoms with van der Waals surface area (Å²) in [5.74, 6) is -0.00345. The van der Waals surface area contributed by atoms with Crippen molar-refractivity contribution in [2.45, 2.75) is 6.42 Å². The molecule has 0 spiro atoms. The quantitative estimate of drug-likeness (QED) is 0.516. The molecule has 1 amide bonds. The van der Waals surface area contributed by atoms with Gasteiger partial charge >= 0.3 is 0 Å². The first-order valence-electron chi connectivity index (χ1n) is 9.00. The van der Waals surface area contributed by atoms with Crippen LogP contribution in [0.4, 0.5) is 17.1 Å². The normalized spacial score (nSPS) is 14.4. The fourth-order valence-electron chi connectivity index (χ4n) is 3.23. The summed E-state index contributed by atoms with van der Waals surface area (Å²) in [5, 5.41) is 17.1. The lowest BCUT2D eigenvalue weighted by atomic mass is 9.97. The van der Waals surface area contributed by atoms with Gasteiger partial charge in [-0.1, -0.05) is 18.2 Å². The lowest BCUT2D eigenvalue weighted by molar-refractivity contribution is -0.115. The molecule has 0 atom stereocenters. The first kappa shape index (κ1) is 19.2. The molecule has 0 saturated carbocycles. The van der Waals surface area contributed by atoms with E-state index in [1.165, 1.54) is 6.21 Å². The Labute approximate surface area is 164 Å². The summed E-state index contributed by atoms with van der Waals surface area (Å²) in [6, 6.07) is 11.8. The number of nitrogens with two attached hydrogens (primary N) is 1. The smallest absolute Gasteiger partial charge is 0.226 e. The number of rotatable bonds is 5. The van der Waals surface area contributed by atoms with Gasteiger partial charge in [-0.3, -0.25) is 9.79 Å². The Balaban J connectivity index is 2.17. The molecule has 0 unspecified atom stereocenters. The molecule has 28 heavy (non-hydrogen) atoms. The summed E-state index contributed by atoms with van der Waals surface area (Å²) < 4.78 is 0. The van der Waals surface area contributed by atoms with Crippen molar-refractivity contribution in [3.8, 4) is 11.1 Å². The first-order chi connectivity index (χ1) is 13.6. The molecule has 0 aromatic heterocycles. The fourth-order valence-corrected chi connectivity index (χ4v) is 3.23. The molecule has 0 saturated heterocycles. The minimum absolute atomic E-state index is 0.00345. The van der Waals surface area contributed by atoms with Crippen molar-refractivity contribution < 1.29 is 4.79 Å². The van der Waals surface area contributed by atoms with Crippen molar-refractivity contribution in [1.29, 1.82) is 5.41 Å². The summed E-state index contributed by atoms with van der Waals surface area (Å²) >= 11 is 0. The monoisotopic (exact) mass is 376 g/mol. The summed E-state index contributed by atoms with van der Waals surface area (Å²) in [4.78, 5) is 15.9. The van der Waals surface area contributed by atoms with Crippen molar-refractivity contribution in [3.05, 3.63) is 47.5 Å². The summed E-state index contributed by atoms with van der Waals surface area (Å²) in [6.07, 6.45) is 3.19. The minimum Gasteiger partial charge on any atom is -0.398 e. The predicted molar refractivity (Wildman–Crippen MR) is 117 cm³/mol. The van der Waals surface area contributed by atoms with Gasteiger partial charge in [-0.05, 0) is 23.8 Å². The number of carbonyl (C=O) groups excluding carboxylic acids is 1. The molecule has 2 aromatic carbocycles. The molecule has 0 radical (unpaired) electrons. The standard InChI is InChI=1S/C21H24N6O/c1-24-12-14(11-22)20(23)16-10-13(6-7-17(16)25-2)15-4-3-5-18-21(15)26-9-8-19(28)27-18/h3-7,10-12,22,25-26H,8-9,23H2,1-2H3,(H,27,28). The van der Waals surface area contributed by atoms with Crippen LogP contribution in [0, 0.1) is 5.41 Å². The largest absolute Gasteiger partial charge is 0.398 e. The Kier molecular flexibility index (Phi) is 5.74. The van der Waals surface area contributed by atoms with E-state index in [1.54, 1.807) is 13.3 Å². The number of nitrogens with zero attached hydrogens (tertiary/aromatic N) is 1. The van der Waals surface area contributed by atoms with Crippen molar-refractivity contribution in [3.63, 3.8) is 0 Å². The van der Waals surface area contributed by atoms with E-state index < -0.39 is 0 Å². The average Bonchev–Trinajstić information content (AvgIpc) is 2.91. The molecule has 1 aliphatic heterocycles. The van der Waals surface area contributed by atoms with Gasteiger partial charge in [-0.15, -0.1) is 0 Å². The van der Waals surface area contributed by atoms with Crippen LogP contribution in [0.25, 0.3) is 16.8 Å². The van der Waals surface area contributed by atoms with Crippen molar-refractivity contribution in [2.24, 2.45) is 10.7 Å². The van der Waals surface area contributed by atoms with E-state index in [-0.39, 0.29) is 5.91 Å². The molecule has 7 nitrogen and oxygen atoms in total.